The van der Waals surface area contributed by atoms with Crippen LogP contribution in [0.2, 0.25) is 0 Å². The second-order valence-corrected chi connectivity index (χ2v) is 9.10. The van der Waals surface area contributed by atoms with E-state index in [9.17, 15) is 8.42 Å². The summed E-state index contributed by atoms with van der Waals surface area (Å²) in [5.41, 5.74) is 2.23. The standard InChI is InChI=1S/C21H29N3O4S2/c1-6-27-19-12-11-16(13-20(19)28-7-2)15(3)22-21(29)23-17-9-8-10-18(14-17)24(4)30(5,25)26/h8-15H,6-7H2,1-5H3,(H2,22,23,29)/t15-/m1/s1. The zero-order valence-corrected chi connectivity index (χ0v) is 19.6. The third-order valence-corrected chi connectivity index (χ3v) is 5.81. The van der Waals surface area contributed by atoms with E-state index in [1.54, 1.807) is 18.2 Å². The molecule has 0 saturated heterocycles. The molecule has 0 saturated carbocycles. The third kappa shape index (κ3) is 6.50. The van der Waals surface area contributed by atoms with Gasteiger partial charge in [-0.05, 0) is 68.9 Å². The number of rotatable bonds is 9. The van der Waals surface area contributed by atoms with Crippen LogP contribution in [0.1, 0.15) is 32.4 Å². The molecule has 0 aliphatic heterocycles. The van der Waals surface area contributed by atoms with Crippen LogP contribution in [-0.2, 0) is 10.0 Å². The van der Waals surface area contributed by atoms with Gasteiger partial charge in [-0.3, -0.25) is 4.31 Å². The molecule has 9 heteroatoms. The summed E-state index contributed by atoms with van der Waals surface area (Å²) in [4.78, 5) is 0. The fourth-order valence-corrected chi connectivity index (χ4v) is 3.55. The maximum absolute atomic E-state index is 11.8. The lowest BCUT2D eigenvalue weighted by Gasteiger charge is -2.20. The molecule has 0 heterocycles. The van der Waals surface area contributed by atoms with Gasteiger partial charge in [0.15, 0.2) is 16.6 Å². The predicted octanol–water partition coefficient (Wildman–Crippen LogP) is 3.93. The summed E-state index contributed by atoms with van der Waals surface area (Å²) in [6.07, 6.45) is 1.16. The summed E-state index contributed by atoms with van der Waals surface area (Å²) in [5.74, 6) is 1.41. The van der Waals surface area contributed by atoms with E-state index in [2.05, 4.69) is 10.6 Å². The van der Waals surface area contributed by atoms with Gasteiger partial charge in [0.25, 0.3) is 0 Å². The Morgan fingerprint density at radius 2 is 1.77 bits per heavy atom. The maximum atomic E-state index is 11.8. The average molecular weight is 452 g/mol. The van der Waals surface area contributed by atoms with Gasteiger partial charge in [0.1, 0.15) is 0 Å². The summed E-state index contributed by atoms with van der Waals surface area (Å²) in [5, 5.41) is 6.76. The first-order chi connectivity index (χ1) is 14.2. The van der Waals surface area contributed by atoms with E-state index in [4.69, 9.17) is 21.7 Å². The van der Waals surface area contributed by atoms with Gasteiger partial charge in [-0.25, -0.2) is 8.42 Å². The molecule has 2 rings (SSSR count). The highest BCUT2D eigenvalue weighted by Gasteiger charge is 2.14. The van der Waals surface area contributed by atoms with Crippen LogP contribution < -0.4 is 24.4 Å². The van der Waals surface area contributed by atoms with Crippen molar-refractivity contribution in [3.05, 3.63) is 48.0 Å². The monoisotopic (exact) mass is 451 g/mol. The van der Waals surface area contributed by atoms with Crippen molar-refractivity contribution in [3.63, 3.8) is 0 Å². The van der Waals surface area contributed by atoms with Crippen LogP contribution in [-0.4, -0.2) is 40.0 Å². The van der Waals surface area contributed by atoms with E-state index in [-0.39, 0.29) is 6.04 Å². The van der Waals surface area contributed by atoms with E-state index in [0.717, 1.165) is 11.8 Å². The first kappa shape index (κ1) is 23.8. The molecule has 164 valence electrons. The highest BCUT2D eigenvalue weighted by Crippen LogP contribution is 2.30. The Labute approximate surface area is 184 Å². The number of benzene rings is 2. The lowest BCUT2D eigenvalue weighted by Crippen LogP contribution is -2.31. The molecular formula is C21H29N3O4S2. The zero-order chi connectivity index (χ0) is 22.3. The predicted molar refractivity (Wildman–Crippen MR) is 126 cm³/mol. The smallest absolute Gasteiger partial charge is 0.231 e. The van der Waals surface area contributed by atoms with Gasteiger partial charge < -0.3 is 20.1 Å². The molecule has 0 amide bonds. The van der Waals surface area contributed by atoms with Crippen LogP contribution in [0.15, 0.2) is 42.5 Å². The van der Waals surface area contributed by atoms with Crippen LogP contribution in [0.25, 0.3) is 0 Å². The summed E-state index contributed by atoms with van der Waals surface area (Å²) >= 11 is 5.44. The minimum Gasteiger partial charge on any atom is -0.490 e. The SMILES string of the molecule is CCOc1ccc([C@@H](C)NC(=S)Nc2cccc(N(C)S(C)(=O)=O)c2)cc1OCC. The number of anilines is 2. The van der Waals surface area contributed by atoms with Crippen LogP contribution >= 0.6 is 12.2 Å². The highest BCUT2D eigenvalue weighted by molar-refractivity contribution is 7.92. The molecule has 2 aromatic carbocycles. The van der Waals surface area contributed by atoms with Crippen molar-refractivity contribution in [2.24, 2.45) is 0 Å². The fourth-order valence-electron chi connectivity index (χ4n) is 2.76. The molecule has 0 spiro atoms. The second-order valence-electron chi connectivity index (χ2n) is 6.67. The van der Waals surface area contributed by atoms with Crippen molar-refractivity contribution < 1.29 is 17.9 Å². The van der Waals surface area contributed by atoms with Gasteiger partial charge in [-0.15, -0.1) is 0 Å². The van der Waals surface area contributed by atoms with Gasteiger partial charge in [0.05, 0.1) is 31.2 Å². The van der Waals surface area contributed by atoms with Crippen molar-refractivity contribution in [1.29, 1.82) is 0 Å². The van der Waals surface area contributed by atoms with Gasteiger partial charge in [0.2, 0.25) is 10.0 Å². The van der Waals surface area contributed by atoms with Crippen molar-refractivity contribution >= 4 is 38.7 Å². The van der Waals surface area contributed by atoms with Gasteiger partial charge in [-0.2, -0.15) is 0 Å². The average Bonchev–Trinajstić information content (AvgIpc) is 2.68. The molecule has 1 atom stereocenters. The number of hydrogen-bond donors (Lipinski definition) is 2. The summed E-state index contributed by atoms with van der Waals surface area (Å²) in [6, 6.07) is 12.8. The van der Waals surface area contributed by atoms with Crippen LogP contribution in [0.4, 0.5) is 11.4 Å². The normalized spacial score (nSPS) is 12.0. The first-order valence-corrected chi connectivity index (χ1v) is 11.9. The molecule has 2 aromatic rings. The van der Waals surface area contributed by atoms with Crippen LogP contribution in [0, 0.1) is 0 Å². The van der Waals surface area contributed by atoms with E-state index in [0.29, 0.717) is 41.2 Å². The largest absolute Gasteiger partial charge is 0.490 e. The molecule has 30 heavy (non-hydrogen) atoms. The number of nitrogens with one attached hydrogen (secondary N) is 2. The molecule has 0 aliphatic rings. The second kappa shape index (κ2) is 10.5. The molecular weight excluding hydrogens is 422 g/mol. The van der Waals surface area contributed by atoms with E-state index >= 15 is 0 Å². The molecule has 0 aliphatic carbocycles. The Kier molecular flexibility index (Phi) is 8.31. The Hall–Kier alpha value is -2.52. The first-order valence-electron chi connectivity index (χ1n) is 9.66. The number of nitrogens with zero attached hydrogens (tertiary/aromatic N) is 1. The number of thiocarbonyl (C=S) groups is 1. The Morgan fingerprint density at radius 1 is 1.10 bits per heavy atom. The van der Waals surface area contributed by atoms with E-state index < -0.39 is 10.0 Å². The molecule has 0 fully saturated rings. The number of ether oxygens (including phenoxy) is 2. The molecule has 0 bridgehead atoms. The zero-order valence-electron chi connectivity index (χ0n) is 17.9. The van der Waals surface area contributed by atoms with Crippen molar-refractivity contribution in [1.82, 2.24) is 5.32 Å². The minimum absolute atomic E-state index is 0.0817. The highest BCUT2D eigenvalue weighted by atomic mass is 32.2. The van der Waals surface area contributed by atoms with Crippen molar-refractivity contribution in [3.8, 4) is 11.5 Å². The van der Waals surface area contributed by atoms with Gasteiger partial charge >= 0.3 is 0 Å². The summed E-state index contributed by atoms with van der Waals surface area (Å²) in [6.45, 7) is 6.96. The number of hydrogen-bond acceptors (Lipinski definition) is 5. The molecule has 2 N–H and O–H groups in total. The minimum atomic E-state index is -3.34. The van der Waals surface area contributed by atoms with E-state index in [1.165, 1.54) is 11.4 Å². The Balaban J connectivity index is 2.09. The molecule has 0 radical (unpaired) electrons. The van der Waals surface area contributed by atoms with Crippen molar-refractivity contribution in [2.45, 2.75) is 26.8 Å². The molecule has 0 aromatic heterocycles. The summed E-state index contributed by atoms with van der Waals surface area (Å²) < 4.78 is 36.0. The van der Waals surface area contributed by atoms with E-state index in [1.807, 2.05) is 45.0 Å². The quantitative estimate of drug-likeness (QED) is 0.559. The molecule has 0 unspecified atom stereocenters. The van der Waals surface area contributed by atoms with Gasteiger partial charge in [0, 0.05) is 12.7 Å². The molecule has 7 nitrogen and oxygen atoms in total. The van der Waals surface area contributed by atoms with Crippen LogP contribution in [0.5, 0.6) is 11.5 Å². The lowest BCUT2D eigenvalue weighted by molar-refractivity contribution is 0.287. The Bertz CT molecular complexity index is 980. The number of sulfonamides is 1. The van der Waals surface area contributed by atoms with Gasteiger partial charge in [-0.1, -0.05) is 12.1 Å². The van der Waals surface area contributed by atoms with Crippen molar-refractivity contribution in [2.75, 3.05) is 36.1 Å². The fraction of sp³-hybridized carbons (Fsp3) is 0.381. The lowest BCUT2D eigenvalue weighted by atomic mass is 10.1. The topological polar surface area (TPSA) is 79.9 Å². The third-order valence-electron chi connectivity index (χ3n) is 4.38. The maximum Gasteiger partial charge on any atom is 0.231 e. The van der Waals surface area contributed by atoms with Crippen LogP contribution in [0.3, 0.4) is 0 Å². The summed E-state index contributed by atoms with van der Waals surface area (Å²) in [7, 11) is -1.83. The Morgan fingerprint density at radius 3 is 2.40 bits per heavy atom.